The Hall–Kier alpha value is -1.75. The van der Waals surface area contributed by atoms with Gasteiger partial charge in [0, 0.05) is 5.56 Å². The van der Waals surface area contributed by atoms with Gasteiger partial charge in [-0.1, -0.05) is 6.08 Å². The predicted molar refractivity (Wildman–Crippen MR) is 67.7 cm³/mol. The molecular formula is C13H18N2O3. The van der Waals surface area contributed by atoms with Crippen molar-refractivity contribution in [3.05, 3.63) is 22.8 Å². The molecule has 5 heteroatoms. The van der Waals surface area contributed by atoms with Crippen LogP contribution in [0.15, 0.2) is 11.6 Å². The van der Waals surface area contributed by atoms with Crippen LogP contribution in [0.3, 0.4) is 0 Å². The van der Waals surface area contributed by atoms with E-state index in [1.807, 2.05) is 6.08 Å². The average molecular weight is 250 g/mol. The highest BCUT2D eigenvalue weighted by atomic mass is 16.3. The molecule has 0 radical (unpaired) electrons. The van der Waals surface area contributed by atoms with Gasteiger partial charge in [-0.3, -0.25) is 9.78 Å². The van der Waals surface area contributed by atoms with Gasteiger partial charge in [-0.15, -0.1) is 0 Å². The molecule has 0 spiro atoms. The van der Waals surface area contributed by atoms with Crippen molar-refractivity contribution in [3.8, 4) is 11.8 Å². The fraction of sp³-hybridized carbons (Fsp3) is 0.462. The quantitative estimate of drug-likeness (QED) is 0.485. The third-order valence-electron chi connectivity index (χ3n) is 3.46. The monoisotopic (exact) mass is 250 g/mol. The van der Waals surface area contributed by atoms with E-state index in [-0.39, 0.29) is 23.1 Å². The largest absolute Gasteiger partial charge is 0.494 e. The second kappa shape index (κ2) is 4.86. The Morgan fingerprint density at radius 3 is 2.61 bits per heavy atom. The molecule has 0 aliphatic heterocycles. The van der Waals surface area contributed by atoms with Crippen molar-refractivity contribution >= 4 is 5.78 Å². The number of allylic oxidation sites excluding steroid dienone is 1. The third kappa shape index (κ3) is 2.13. The molecule has 1 heterocycles. The third-order valence-corrected chi connectivity index (χ3v) is 3.46. The number of carbonyl (C=O) groups is 1. The van der Waals surface area contributed by atoms with E-state index >= 15 is 0 Å². The van der Waals surface area contributed by atoms with Crippen molar-refractivity contribution in [1.82, 2.24) is 4.98 Å². The lowest BCUT2D eigenvalue weighted by Gasteiger charge is -2.18. The fourth-order valence-corrected chi connectivity index (χ4v) is 2.34. The van der Waals surface area contributed by atoms with Crippen molar-refractivity contribution in [3.63, 3.8) is 0 Å². The normalized spacial score (nSPS) is 17.3. The minimum Gasteiger partial charge on any atom is -0.494 e. The molecule has 0 saturated carbocycles. The van der Waals surface area contributed by atoms with Crippen molar-refractivity contribution in [2.24, 2.45) is 5.73 Å². The van der Waals surface area contributed by atoms with Crippen LogP contribution in [0.25, 0.3) is 0 Å². The SMILES string of the molecule is Cc1c(O)[nH]c(O)c1C(=O)C(N)C1=CCCCC1. The van der Waals surface area contributed by atoms with Gasteiger partial charge in [0.25, 0.3) is 0 Å². The number of carbonyl (C=O) groups excluding carboxylic acids is 1. The molecule has 0 amide bonds. The number of H-pyrrole nitrogens is 1. The summed E-state index contributed by atoms with van der Waals surface area (Å²) in [7, 11) is 0. The summed E-state index contributed by atoms with van der Waals surface area (Å²) in [5.74, 6) is -0.864. The number of aromatic nitrogens is 1. The smallest absolute Gasteiger partial charge is 0.202 e. The topological polar surface area (TPSA) is 99.3 Å². The molecule has 1 aromatic heterocycles. The first-order chi connectivity index (χ1) is 8.52. The molecule has 0 fully saturated rings. The van der Waals surface area contributed by atoms with Crippen LogP contribution in [0.2, 0.25) is 0 Å². The maximum Gasteiger partial charge on any atom is 0.202 e. The van der Waals surface area contributed by atoms with E-state index in [1.165, 1.54) is 0 Å². The van der Waals surface area contributed by atoms with Crippen molar-refractivity contribution < 1.29 is 15.0 Å². The molecule has 1 aliphatic carbocycles. The number of rotatable bonds is 3. The van der Waals surface area contributed by atoms with Crippen molar-refractivity contribution in [1.29, 1.82) is 0 Å². The van der Waals surface area contributed by atoms with Crippen LogP contribution in [0.5, 0.6) is 11.8 Å². The van der Waals surface area contributed by atoms with E-state index in [4.69, 9.17) is 5.73 Å². The van der Waals surface area contributed by atoms with E-state index in [0.717, 1.165) is 31.3 Å². The Kier molecular flexibility index (Phi) is 3.43. The Bertz CT molecular complexity index is 503. The molecule has 1 aliphatic rings. The molecule has 1 aromatic rings. The summed E-state index contributed by atoms with van der Waals surface area (Å²) in [5.41, 5.74) is 7.30. The van der Waals surface area contributed by atoms with Crippen LogP contribution >= 0.6 is 0 Å². The Morgan fingerprint density at radius 2 is 2.11 bits per heavy atom. The lowest BCUT2D eigenvalue weighted by atomic mass is 9.90. The maximum absolute atomic E-state index is 12.2. The first-order valence-corrected chi connectivity index (χ1v) is 6.11. The van der Waals surface area contributed by atoms with Crippen LogP contribution in [-0.2, 0) is 0 Å². The molecule has 0 bridgehead atoms. The number of nitrogens with one attached hydrogen (secondary N) is 1. The number of ketones is 1. The number of aromatic amines is 1. The summed E-state index contributed by atoms with van der Waals surface area (Å²) < 4.78 is 0. The second-order valence-electron chi connectivity index (χ2n) is 4.69. The van der Waals surface area contributed by atoms with Gasteiger partial charge in [-0.05, 0) is 38.2 Å². The predicted octanol–water partition coefficient (Wildman–Crippen LogP) is 1.74. The number of nitrogens with two attached hydrogens (primary N) is 1. The zero-order chi connectivity index (χ0) is 13.3. The van der Waals surface area contributed by atoms with Gasteiger partial charge in [-0.25, -0.2) is 0 Å². The number of Topliss-reactive ketones (excluding diaryl/α,β-unsaturated/α-hetero) is 1. The average Bonchev–Trinajstić information content (AvgIpc) is 2.63. The van der Waals surface area contributed by atoms with Gasteiger partial charge in [0.1, 0.15) is 0 Å². The summed E-state index contributed by atoms with van der Waals surface area (Å²) in [6.07, 6.45) is 5.93. The Balaban J connectivity index is 2.28. The lowest BCUT2D eigenvalue weighted by Crippen LogP contribution is -2.33. The van der Waals surface area contributed by atoms with Gasteiger partial charge in [0.2, 0.25) is 5.88 Å². The van der Waals surface area contributed by atoms with E-state index in [2.05, 4.69) is 4.98 Å². The zero-order valence-corrected chi connectivity index (χ0v) is 10.4. The molecule has 0 saturated heterocycles. The number of aromatic hydroxyl groups is 2. The highest BCUT2D eigenvalue weighted by Crippen LogP contribution is 2.31. The highest BCUT2D eigenvalue weighted by Gasteiger charge is 2.27. The second-order valence-corrected chi connectivity index (χ2v) is 4.69. The van der Waals surface area contributed by atoms with E-state index in [9.17, 15) is 15.0 Å². The zero-order valence-electron chi connectivity index (χ0n) is 10.4. The molecule has 5 N–H and O–H groups in total. The van der Waals surface area contributed by atoms with Gasteiger partial charge in [0.15, 0.2) is 11.7 Å². The van der Waals surface area contributed by atoms with E-state index in [0.29, 0.717) is 5.56 Å². The van der Waals surface area contributed by atoms with Crippen LogP contribution < -0.4 is 5.73 Å². The van der Waals surface area contributed by atoms with Crippen LogP contribution in [0.1, 0.15) is 41.6 Å². The summed E-state index contributed by atoms with van der Waals surface area (Å²) in [6.45, 7) is 1.57. The van der Waals surface area contributed by atoms with Crippen LogP contribution in [0.4, 0.5) is 0 Å². The number of hydrogen-bond donors (Lipinski definition) is 4. The molecule has 2 rings (SSSR count). The summed E-state index contributed by atoms with van der Waals surface area (Å²) in [6, 6.07) is -0.731. The van der Waals surface area contributed by atoms with E-state index in [1.54, 1.807) is 6.92 Å². The van der Waals surface area contributed by atoms with Gasteiger partial charge in [-0.2, -0.15) is 0 Å². The number of hydrogen-bond acceptors (Lipinski definition) is 4. The van der Waals surface area contributed by atoms with Gasteiger partial charge in [0.05, 0.1) is 11.6 Å². The van der Waals surface area contributed by atoms with Crippen LogP contribution in [-0.4, -0.2) is 27.0 Å². The molecule has 5 nitrogen and oxygen atoms in total. The minimum atomic E-state index is -0.731. The first-order valence-electron chi connectivity index (χ1n) is 6.11. The first kappa shape index (κ1) is 12.7. The Morgan fingerprint density at radius 1 is 1.39 bits per heavy atom. The Labute approximate surface area is 105 Å². The van der Waals surface area contributed by atoms with Gasteiger partial charge >= 0.3 is 0 Å². The standard InChI is InChI=1S/C13H18N2O3/c1-7-9(13(18)15-12(7)17)11(16)10(14)8-5-3-2-4-6-8/h5,10,15,17-18H,2-4,6,14H2,1H3. The fourth-order valence-electron chi connectivity index (χ4n) is 2.34. The highest BCUT2D eigenvalue weighted by molar-refractivity contribution is 6.05. The molecule has 18 heavy (non-hydrogen) atoms. The summed E-state index contributed by atoms with van der Waals surface area (Å²) in [4.78, 5) is 14.6. The minimum absolute atomic E-state index is 0.0893. The molecule has 98 valence electrons. The maximum atomic E-state index is 12.2. The molecule has 1 unspecified atom stereocenters. The summed E-state index contributed by atoms with van der Waals surface area (Å²) in [5, 5.41) is 19.1. The van der Waals surface area contributed by atoms with Gasteiger partial charge < -0.3 is 15.9 Å². The lowest BCUT2D eigenvalue weighted by molar-refractivity contribution is 0.0969. The molecule has 1 atom stereocenters. The van der Waals surface area contributed by atoms with Crippen LogP contribution in [0, 0.1) is 6.92 Å². The van der Waals surface area contributed by atoms with E-state index < -0.39 is 6.04 Å². The molecule has 0 aromatic carbocycles. The van der Waals surface area contributed by atoms with Crippen molar-refractivity contribution in [2.75, 3.05) is 0 Å². The summed E-state index contributed by atoms with van der Waals surface area (Å²) >= 11 is 0. The molecular weight excluding hydrogens is 232 g/mol. The van der Waals surface area contributed by atoms with Crippen molar-refractivity contribution in [2.45, 2.75) is 38.6 Å².